The topological polar surface area (TPSA) is 76.1 Å². The van der Waals surface area contributed by atoms with Crippen LogP contribution in [0.4, 0.5) is 0 Å². The van der Waals surface area contributed by atoms with Crippen molar-refractivity contribution >= 4 is 0 Å². The maximum Gasteiger partial charge on any atom is 0.110 e. The SMILES string of the molecule is Cn1cncc1C(N)C1(O)CNC1. The van der Waals surface area contributed by atoms with Gasteiger partial charge >= 0.3 is 0 Å². The summed E-state index contributed by atoms with van der Waals surface area (Å²) in [5, 5.41) is 13.0. The molecule has 1 aromatic rings. The number of β-amino-alcohol motifs (C(OH)–C–C–N with tert-alkyl or cyclic N) is 1. The van der Waals surface area contributed by atoms with Gasteiger partial charge < -0.3 is 20.7 Å². The first kappa shape index (κ1) is 8.68. The number of aromatic nitrogens is 2. The monoisotopic (exact) mass is 182 g/mol. The van der Waals surface area contributed by atoms with Gasteiger partial charge in [-0.3, -0.25) is 0 Å². The molecule has 1 aromatic heterocycles. The number of hydrogen-bond acceptors (Lipinski definition) is 4. The van der Waals surface area contributed by atoms with Gasteiger partial charge in [0, 0.05) is 26.3 Å². The van der Waals surface area contributed by atoms with Crippen molar-refractivity contribution in [2.45, 2.75) is 11.6 Å². The first-order valence-corrected chi connectivity index (χ1v) is 4.28. The molecule has 0 amide bonds. The molecule has 13 heavy (non-hydrogen) atoms. The third kappa shape index (κ3) is 1.25. The van der Waals surface area contributed by atoms with Crippen LogP contribution in [0.1, 0.15) is 11.7 Å². The number of aliphatic hydroxyl groups is 1. The first-order valence-electron chi connectivity index (χ1n) is 4.28. The zero-order valence-electron chi connectivity index (χ0n) is 7.57. The zero-order valence-corrected chi connectivity index (χ0v) is 7.57. The average Bonchev–Trinajstić information content (AvgIpc) is 2.46. The largest absolute Gasteiger partial charge is 0.385 e. The number of nitrogens with one attached hydrogen (secondary N) is 1. The van der Waals surface area contributed by atoms with E-state index in [4.69, 9.17) is 5.73 Å². The minimum atomic E-state index is -0.798. The van der Waals surface area contributed by atoms with E-state index in [2.05, 4.69) is 10.3 Å². The predicted octanol–water partition coefficient (Wildman–Crippen LogP) is -1.25. The van der Waals surface area contributed by atoms with Crippen LogP contribution in [0, 0.1) is 0 Å². The van der Waals surface area contributed by atoms with Crippen LogP contribution in [0.2, 0.25) is 0 Å². The summed E-state index contributed by atoms with van der Waals surface area (Å²) in [5.41, 5.74) is 6.00. The van der Waals surface area contributed by atoms with E-state index in [0.29, 0.717) is 13.1 Å². The lowest BCUT2D eigenvalue weighted by molar-refractivity contribution is -0.0350. The van der Waals surface area contributed by atoms with Crippen molar-refractivity contribution in [1.82, 2.24) is 14.9 Å². The molecule has 5 heteroatoms. The molecule has 1 fully saturated rings. The molecular formula is C8H14N4O. The molecule has 5 nitrogen and oxygen atoms in total. The van der Waals surface area contributed by atoms with Crippen molar-refractivity contribution < 1.29 is 5.11 Å². The number of hydrogen-bond donors (Lipinski definition) is 3. The summed E-state index contributed by atoms with van der Waals surface area (Å²) >= 11 is 0. The van der Waals surface area contributed by atoms with Crippen LogP contribution in [0.15, 0.2) is 12.5 Å². The van der Waals surface area contributed by atoms with E-state index in [9.17, 15) is 5.11 Å². The Balaban J connectivity index is 2.22. The summed E-state index contributed by atoms with van der Waals surface area (Å²) in [6, 6.07) is -0.360. The van der Waals surface area contributed by atoms with Gasteiger partial charge in [-0.05, 0) is 0 Å². The van der Waals surface area contributed by atoms with Gasteiger partial charge in [-0.25, -0.2) is 4.98 Å². The summed E-state index contributed by atoms with van der Waals surface area (Å²) in [7, 11) is 1.87. The molecule has 72 valence electrons. The van der Waals surface area contributed by atoms with Crippen LogP contribution in [0.5, 0.6) is 0 Å². The standard InChI is InChI=1S/C8H14N4O/c1-12-5-10-2-6(12)7(9)8(13)3-11-4-8/h2,5,7,11,13H,3-4,9H2,1H3. The summed E-state index contributed by atoms with van der Waals surface area (Å²) in [5.74, 6) is 0. The van der Waals surface area contributed by atoms with Crippen LogP contribution in [0.25, 0.3) is 0 Å². The highest BCUT2D eigenvalue weighted by atomic mass is 16.3. The molecule has 0 radical (unpaired) electrons. The average molecular weight is 182 g/mol. The van der Waals surface area contributed by atoms with Gasteiger partial charge in [-0.1, -0.05) is 0 Å². The molecular weight excluding hydrogens is 168 g/mol. The number of nitrogens with two attached hydrogens (primary N) is 1. The fourth-order valence-corrected chi connectivity index (χ4v) is 1.54. The third-order valence-electron chi connectivity index (χ3n) is 2.61. The summed E-state index contributed by atoms with van der Waals surface area (Å²) in [4.78, 5) is 3.97. The molecule has 1 aliphatic heterocycles. The molecule has 0 bridgehead atoms. The van der Waals surface area contributed by atoms with Crippen LogP contribution in [0.3, 0.4) is 0 Å². The molecule has 1 unspecified atom stereocenters. The van der Waals surface area contributed by atoms with Gasteiger partial charge in [0.05, 0.1) is 18.1 Å². The molecule has 1 aliphatic rings. The molecule has 0 spiro atoms. The maximum absolute atomic E-state index is 9.95. The molecule has 4 N–H and O–H groups in total. The zero-order chi connectivity index (χ0) is 9.47. The lowest BCUT2D eigenvalue weighted by Gasteiger charge is -2.42. The second-order valence-corrected chi connectivity index (χ2v) is 3.61. The maximum atomic E-state index is 9.95. The summed E-state index contributed by atoms with van der Waals surface area (Å²) in [6.45, 7) is 1.11. The van der Waals surface area contributed by atoms with Crippen LogP contribution in [-0.2, 0) is 7.05 Å². The highest BCUT2D eigenvalue weighted by Gasteiger charge is 2.42. The van der Waals surface area contributed by atoms with Gasteiger partial charge in [0.15, 0.2) is 0 Å². The van der Waals surface area contributed by atoms with Crippen molar-refractivity contribution in [3.05, 3.63) is 18.2 Å². The number of nitrogens with zero attached hydrogens (tertiary/aromatic N) is 2. The third-order valence-corrected chi connectivity index (χ3v) is 2.61. The van der Waals surface area contributed by atoms with Crippen molar-refractivity contribution in [2.24, 2.45) is 12.8 Å². The lowest BCUT2D eigenvalue weighted by Crippen LogP contribution is -2.64. The quantitative estimate of drug-likeness (QED) is 0.534. The van der Waals surface area contributed by atoms with E-state index < -0.39 is 5.60 Å². The molecule has 0 saturated carbocycles. The van der Waals surface area contributed by atoms with E-state index in [1.54, 1.807) is 12.5 Å². The Morgan fingerprint density at radius 1 is 1.77 bits per heavy atom. The van der Waals surface area contributed by atoms with E-state index in [1.165, 1.54) is 0 Å². The van der Waals surface area contributed by atoms with Crippen molar-refractivity contribution in [3.8, 4) is 0 Å². The molecule has 0 aromatic carbocycles. The number of aryl methyl sites for hydroxylation is 1. The van der Waals surface area contributed by atoms with Crippen molar-refractivity contribution in [2.75, 3.05) is 13.1 Å². The number of rotatable bonds is 2. The summed E-state index contributed by atoms with van der Waals surface area (Å²) in [6.07, 6.45) is 3.38. The Hall–Kier alpha value is -0.910. The fourth-order valence-electron chi connectivity index (χ4n) is 1.54. The van der Waals surface area contributed by atoms with E-state index in [-0.39, 0.29) is 6.04 Å². The van der Waals surface area contributed by atoms with Crippen molar-refractivity contribution in [1.29, 1.82) is 0 Å². The highest BCUT2D eigenvalue weighted by Crippen LogP contribution is 2.26. The van der Waals surface area contributed by atoms with Gasteiger partial charge in [0.1, 0.15) is 5.60 Å². The Morgan fingerprint density at radius 2 is 2.46 bits per heavy atom. The van der Waals surface area contributed by atoms with Gasteiger partial charge in [-0.15, -0.1) is 0 Å². The Bertz CT molecular complexity index is 305. The fraction of sp³-hybridized carbons (Fsp3) is 0.625. The summed E-state index contributed by atoms with van der Waals surface area (Å²) < 4.78 is 1.83. The minimum Gasteiger partial charge on any atom is -0.385 e. The van der Waals surface area contributed by atoms with E-state index in [0.717, 1.165) is 5.69 Å². The second-order valence-electron chi connectivity index (χ2n) is 3.61. The Labute approximate surface area is 76.6 Å². The van der Waals surface area contributed by atoms with Gasteiger partial charge in [0.25, 0.3) is 0 Å². The van der Waals surface area contributed by atoms with Crippen LogP contribution < -0.4 is 11.1 Å². The smallest absolute Gasteiger partial charge is 0.110 e. The Morgan fingerprint density at radius 3 is 2.85 bits per heavy atom. The van der Waals surface area contributed by atoms with Gasteiger partial charge in [-0.2, -0.15) is 0 Å². The number of imidazole rings is 1. The Kier molecular flexibility index (Phi) is 1.87. The van der Waals surface area contributed by atoms with Crippen LogP contribution in [-0.4, -0.2) is 33.3 Å². The normalized spacial score (nSPS) is 22.4. The molecule has 1 saturated heterocycles. The predicted molar refractivity (Wildman–Crippen MR) is 48.0 cm³/mol. The molecule has 1 atom stereocenters. The van der Waals surface area contributed by atoms with E-state index >= 15 is 0 Å². The minimum absolute atomic E-state index is 0.360. The van der Waals surface area contributed by atoms with Crippen LogP contribution >= 0.6 is 0 Å². The molecule has 2 heterocycles. The molecule has 2 rings (SSSR count). The second kappa shape index (κ2) is 2.80. The highest BCUT2D eigenvalue weighted by molar-refractivity contribution is 5.14. The van der Waals surface area contributed by atoms with E-state index in [1.807, 2.05) is 11.6 Å². The van der Waals surface area contributed by atoms with Gasteiger partial charge in [0.2, 0.25) is 0 Å². The first-order chi connectivity index (χ1) is 6.13. The van der Waals surface area contributed by atoms with Crippen molar-refractivity contribution in [3.63, 3.8) is 0 Å². The lowest BCUT2D eigenvalue weighted by atomic mass is 9.87. The molecule has 0 aliphatic carbocycles.